The molecule has 23 heavy (non-hydrogen) atoms. The van der Waals surface area contributed by atoms with Gasteiger partial charge in [-0.2, -0.15) is 17.2 Å². The number of ether oxygens (including phenoxy) is 1. The van der Waals surface area contributed by atoms with Gasteiger partial charge >= 0.3 is 5.97 Å². The molecule has 4 nitrogen and oxygen atoms in total. The van der Waals surface area contributed by atoms with Crippen molar-refractivity contribution in [2.45, 2.75) is 45.1 Å². The Balaban J connectivity index is 2.03. The average molecular weight is 333 g/mol. The standard InChI is InChI=1S/C18H23NO3S/c1-3-9-18(2,12-17(20)22-19)21-16-6-4-14(5-7-16)11-15-8-10-23-13-15/h4-8,10,13H,3,9,11-12,19H2,1-2H3. The Labute approximate surface area is 141 Å². The summed E-state index contributed by atoms with van der Waals surface area (Å²) in [7, 11) is 0. The van der Waals surface area contributed by atoms with E-state index >= 15 is 0 Å². The molecule has 0 amide bonds. The maximum Gasteiger partial charge on any atom is 0.328 e. The minimum atomic E-state index is -0.611. The monoisotopic (exact) mass is 333 g/mol. The van der Waals surface area contributed by atoms with Gasteiger partial charge in [-0.1, -0.05) is 25.5 Å². The highest BCUT2D eigenvalue weighted by molar-refractivity contribution is 7.07. The lowest BCUT2D eigenvalue weighted by atomic mass is 9.96. The van der Waals surface area contributed by atoms with Crippen LogP contribution >= 0.6 is 11.3 Å². The number of rotatable bonds is 8. The molecule has 0 saturated carbocycles. The first-order valence-electron chi connectivity index (χ1n) is 7.73. The zero-order chi connectivity index (χ0) is 16.7. The van der Waals surface area contributed by atoms with Crippen molar-refractivity contribution in [2.24, 2.45) is 5.90 Å². The van der Waals surface area contributed by atoms with Crippen LogP contribution in [0.25, 0.3) is 0 Å². The van der Waals surface area contributed by atoms with Gasteiger partial charge in [-0.25, -0.2) is 0 Å². The van der Waals surface area contributed by atoms with E-state index in [1.165, 1.54) is 11.1 Å². The third-order valence-corrected chi connectivity index (χ3v) is 4.44. The van der Waals surface area contributed by atoms with Crippen LogP contribution in [0.15, 0.2) is 41.1 Å². The van der Waals surface area contributed by atoms with Gasteiger partial charge in [0.2, 0.25) is 0 Å². The Bertz CT molecular complexity index is 610. The summed E-state index contributed by atoms with van der Waals surface area (Å²) in [5.41, 5.74) is 1.93. The van der Waals surface area contributed by atoms with Gasteiger partial charge in [-0.05, 0) is 59.9 Å². The summed E-state index contributed by atoms with van der Waals surface area (Å²) in [6.07, 6.45) is 2.70. The molecule has 1 unspecified atom stereocenters. The van der Waals surface area contributed by atoms with Gasteiger partial charge in [-0.3, -0.25) is 4.79 Å². The van der Waals surface area contributed by atoms with Crippen molar-refractivity contribution >= 4 is 17.3 Å². The number of thiophene rings is 1. The summed E-state index contributed by atoms with van der Waals surface area (Å²) in [5, 5.41) is 4.24. The van der Waals surface area contributed by atoms with Crippen molar-refractivity contribution < 1.29 is 14.4 Å². The lowest BCUT2D eigenvalue weighted by molar-refractivity contribution is -0.148. The number of hydrogen-bond donors (Lipinski definition) is 1. The fourth-order valence-electron chi connectivity index (χ4n) is 2.64. The average Bonchev–Trinajstić information content (AvgIpc) is 3.02. The van der Waals surface area contributed by atoms with Gasteiger partial charge in [0.15, 0.2) is 0 Å². The number of carbonyl (C=O) groups excluding carboxylic acids is 1. The molecule has 2 aromatic rings. The lowest BCUT2D eigenvalue weighted by Crippen LogP contribution is -2.36. The van der Waals surface area contributed by atoms with Crippen LogP contribution in [0.1, 0.15) is 44.2 Å². The number of carbonyl (C=O) groups is 1. The van der Waals surface area contributed by atoms with Crippen LogP contribution in [0.3, 0.4) is 0 Å². The highest BCUT2D eigenvalue weighted by Gasteiger charge is 2.29. The molecule has 0 aliphatic carbocycles. The molecule has 0 spiro atoms. The molecule has 1 aromatic carbocycles. The van der Waals surface area contributed by atoms with Gasteiger partial charge in [0.05, 0.1) is 6.42 Å². The topological polar surface area (TPSA) is 61.5 Å². The van der Waals surface area contributed by atoms with E-state index in [0.29, 0.717) is 0 Å². The Hall–Kier alpha value is -1.85. The van der Waals surface area contributed by atoms with Gasteiger partial charge in [0.1, 0.15) is 11.4 Å². The second-order valence-electron chi connectivity index (χ2n) is 5.92. The number of nitrogens with two attached hydrogens (primary N) is 1. The minimum absolute atomic E-state index is 0.133. The van der Waals surface area contributed by atoms with E-state index in [1.54, 1.807) is 11.3 Å². The predicted octanol–water partition coefficient (Wildman–Crippen LogP) is 4.08. The van der Waals surface area contributed by atoms with E-state index in [9.17, 15) is 4.79 Å². The summed E-state index contributed by atoms with van der Waals surface area (Å²) in [6.45, 7) is 3.96. The van der Waals surface area contributed by atoms with Gasteiger partial charge in [0, 0.05) is 0 Å². The van der Waals surface area contributed by atoms with Crippen LogP contribution in [0, 0.1) is 0 Å². The smallest absolute Gasteiger partial charge is 0.328 e. The molecule has 2 rings (SSSR count). The number of benzene rings is 1. The molecule has 0 radical (unpaired) electrons. The molecular formula is C18H23NO3S. The molecule has 124 valence electrons. The van der Waals surface area contributed by atoms with Crippen molar-refractivity contribution in [3.8, 4) is 5.75 Å². The predicted molar refractivity (Wildman–Crippen MR) is 92.4 cm³/mol. The molecule has 0 bridgehead atoms. The third kappa shape index (κ3) is 5.37. The van der Waals surface area contributed by atoms with E-state index in [0.717, 1.165) is 25.0 Å². The Morgan fingerprint density at radius 2 is 1.96 bits per heavy atom. The first-order chi connectivity index (χ1) is 11.0. The Morgan fingerprint density at radius 3 is 2.52 bits per heavy atom. The van der Waals surface area contributed by atoms with Crippen molar-refractivity contribution in [1.82, 2.24) is 0 Å². The van der Waals surface area contributed by atoms with E-state index in [4.69, 9.17) is 10.6 Å². The van der Waals surface area contributed by atoms with Crippen molar-refractivity contribution in [3.63, 3.8) is 0 Å². The molecule has 1 heterocycles. The van der Waals surface area contributed by atoms with Crippen LogP contribution in [-0.4, -0.2) is 11.6 Å². The van der Waals surface area contributed by atoms with Crippen LogP contribution in [0.5, 0.6) is 5.75 Å². The van der Waals surface area contributed by atoms with E-state index in [-0.39, 0.29) is 6.42 Å². The first kappa shape index (κ1) is 17.5. The molecule has 1 atom stereocenters. The van der Waals surface area contributed by atoms with Crippen LogP contribution in [-0.2, 0) is 16.1 Å². The summed E-state index contributed by atoms with van der Waals surface area (Å²) in [6, 6.07) is 10.1. The maximum atomic E-state index is 11.5. The third-order valence-electron chi connectivity index (χ3n) is 3.70. The molecule has 1 aromatic heterocycles. The molecule has 0 aliphatic rings. The number of hydrogen-bond acceptors (Lipinski definition) is 5. The van der Waals surface area contributed by atoms with E-state index in [1.807, 2.05) is 19.1 Å². The summed E-state index contributed by atoms with van der Waals surface area (Å²) < 4.78 is 6.05. The van der Waals surface area contributed by atoms with Crippen molar-refractivity contribution in [2.75, 3.05) is 0 Å². The second-order valence-corrected chi connectivity index (χ2v) is 6.70. The van der Waals surface area contributed by atoms with E-state index in [2.05, 4.69) is 40.7 Å². The molecule has 0 fully saturated rings. The first-order valence-corrected chi connectivity index (χ1v) is 8.67. The second kappa shape index (κ2) is 8.13. The molecule has 0 saturated heterocycles. The Morgan fingerprint density at radius 1 is 1.22 bits per heavy atom. The molecule has 2 N–H and O–H groups in total. The normalized spacial score (nSPS) is 13.3. The zero-order valence-corrected chi connectivity index (χ0v) is 14.4. The fourth-order valence-corrected chi connectivity index (χ4v) is 3.31. The van der Waals surface area contributed by atoms with Crippen LogP contribution < -0.4 is 10.6 Å². The highest BCUT2D eigenvalue weighted by Crippen LogP contribution is 2.27. The van der Waals surface area contributed by atoms with Crippen molar-refractivity contribution in [1.29, 1.82) is 0 Å². The lowest BCUT2D eigenvalue weighted by Gasteiger charge is -2.29. The summed E-state index contributed by atoms with van der Waals surface area (Å²) >= 11 is 1.70. The van der Waals surface area contributed by atoms with Crippen molar-refractivity contribution in [3.05, 3.63) is 52.2 Å². The zero-order valence-electron chi connectivity index (χ0n) is 13.6. The molecule has 0 aliphatic heterocycles. The Kier molecular flexibility index (Phi) is 6.19. The van der Waals surface area contributed by atoms with E-state index < -0.39 is 11.6 Å². The minimum Gasteiger partial charge on any atom is -0.487 e. The largest absolute Gasteiger partial charge is 0.487 e. The summed E-state index contributed by atoms with van der Waals surface area (Å²) in [5.74, 6) is 5.24. The quantitative estimate of drug-likeness (QED) is 0.739. The molecule has 5 heteroatoms. The van der Waals surface area contributed by atoms with Gasteiger partial charge < -0.3 is 9.57 Å². The fraction of sp³-hybridized carbons (Fsp3) is 0.389. The van der Waals surface area contributed by atoms with Crippen LogP contribution in [0.4, 0.5) is 0 Å². The molecular weight excluding hydrogens is 310 g/mol. The van der Waals surface area contributed by atoms with Gasteiger partial charge in [-0.15, -0.1) is 0 Å². The summed E-state index contributed by atoms with van der Waals surface area (Å²) in [4.78, 5) is 15.8. The van der Waals surface area contributed by atoms with Crippen LogP contribution in [0.2, 0.25) is 0 Å². The highest BCUT2D eigenvalue weighted by atomic mass is 32.1. The maximum absolute atomic E-state index is 11.5. The van der Waals surface area contributed by atoms with Gasteiger partial charge in [0.25, 0.3) is 0 Å². The SMILES string of the molecule is CCCC(C)(CC(=O)ON)Oc1ccc(Cc2ccsc2)cc1.